The summed E-state index contributed by atoms with van der Waals surface area (Å²) in [7, 11) is 1.25. The summed E-state index contributed by atoms with van der Waals surface area (Å²) in [6.07, 6.45) is 1.95. The number of nitrogens with zero attached hydrogens (tertiary/aromatic N) is 1. The van der Waals surface area contributed by atoms with Crippen LogP contribution in [0.5, 0.6) is 0 Å². The standard InChI is InChI=1S/C21H26N2O7/c1-10-16(21(28)29-4)11(2)22-17(10)18(25)12(3)30-15(24)9-23-19(26)13-7-5-6-8-14(13)20(23)27/h12-14,22H,5-9H2,1-4H3/t12-,13+,14+/m1/s1. The quantitative estimate of drug-likeness (QED) is 0.424. The molecule has 3 rings (SSSR count). The van der Waals surface area contributed by atoms with Gasteiger partial charge in [0, 0.05) is 5.69 Å². The number of carbonyl (C=O) groups excluding carboxylic acids is 5. The number of esters is 2. The van der Waals surface area contributed by atoms with Gasteiger partial charge >= 0.3 is 11.9 Å². The van der Waals surface area contributed by atoms with Crippen molar-refractivity contribution in [2.24, 2.45) is 11.8 Å². The lowest BCUT2D eigenvalue weighted by Crippen LogP contribution is -2.38. The fraction of sp³-hybridized carbons (Fsp3) is 0.571. The topological polar surface area (TPSA) is 123 Å². The number of aromatic nitrogens is 1. The minimum absolute atomic E-state index is 0.146. The lowest BCUT2D eigenvalue weighted by Gasteiger charge is -2.19. The number of likely N-dealkylation sites (tertiary alicyclic amines) is 1. The Morgan fingerprint density at radius 2 is 1.67 bits per heavy atom. The predicted octanol–water partition coefficient (Wildman–Crippen LogP) is 1.71. The number of methoxy groups -OCH3 is 1. The van der Waals surface area contributed by atoms with Crippen LogP contribution in [0.25, 0.3) is 0 Å². The summed E-state index contributed by atoms with van der Waals surface area (Å²) in [4.78, 5) is 65.8. The number of H-pyrrole nitrogens is 1. The second-order valence-corrected chi connectivity index (χ2v) is 7.87. The van der Waals surface area contributed by atoms with Crippen molar-refractivity contribution in [1.82, 2.24) is 9.88 Å². The number of nitrogens with one attached hydrogen (secondary N) is 1. The Bertz CT molecular complexity index is 893. The van der Waals surface area contributed by atoms with E-state index in [1.165, 1.54) is 14.0 Å². The number of fused-ring (bicyclic) bond motifs is 1. The van der Waals surface area contributed by atoms with Gasteiger partial charge in [0.1, 0.15) is 6.54 Å². The fourth-order valence-electron chi connectivity index (χ4n) is 4.41. The highest BCUT2D eigenvalue weighted by atomic mass is 16.5. The van der Waals surface area contributed by atoms with Gasteiger partial charge in [0.2, 0.25) is 17.6 Å². The molecule has 30 heavy (non-hydrogen) atoms. The Morgan fingerprint density at radius 1 is 1.10 bits per heavy atom. The lowest BCUT2D eigenvalue weighted by molar-refractivity contribution is -0.154. The van der Waals surface area contributed by atoms with Gasteiger partial charge in [-0.05, 0) is 39.2 Å². The summed E-state index contributed by atoms with van der Waals surface area (Å²) in [5, 5.41) is 0. The zero-order chi connectivity index (χ0) is 22.2. The van der Waals surface area contributed by atoms with Crippen molar-refractivity contribution in [2.45, 2.75) is 52.6 Å². The number of carbonyl (C=O) groups is 5. The van der Waals surface area contributed by atoms with E-state index in [9.17, 15) is 24.0 Å². The molecule has 0 radical (unpaired) electrons. The Kier molecular flexibility index (Phi) is 6.09. The highest BCUT2D eigenvalue weighted by molar-refractivity contribution is 6.07. The van der Waals surface area contributed by atoms with Crippen LogP contribution >= 0.6 is 0 Å². The van der Waals surface area contributed by atoms with Crippen molar-refractivity contribution >= 4 is 29.5 Å². The molecule has 2 heterocycles. The zero-order valence-corrected chi connectivity index (χ0v) is 17.6. The van der Waals surface area contributed by atoms with Crippen LogP contribution in [0.1, 0.15) is 64.7 Å². The van der Waals surface area contributed by atoms with E-state index < -0.39 is 30.4 Å². The van der Waals surface area contributed by atoms with Crippen LogP contribution in [0.4, 0.5) is 0 Å². The first kappa shape index (κ1) is 21.7. The van der Waals surface area contributed by atoms with Gasteiger partial charge in [-0.3, -0.25) is 24.1 Å². The van der Waals surface area contributed by atoms with Crippen LogP contribution in [0.15, 0.2) is 0 Å². The van der Waals surface area contributed by atoms with E-state index >= 15 is 0 Å². The monoisotopic (exact) mass is 418 g/mol. The minimum atomic E-state index is -1.16. The van der Waals surface area contributed by atoms with Gasteiger partial charge in [-0.1, -0.05) is 12.8 Å². The third kappa shape index (κ3) is 3.76. The van der Waals surface area contributed by atoms with Gasteiger partial charge in [0.15, 0.2) is 6.10 Å². The number of aryl methyl sites for hydroxylation is 1. The second kappa shape index (κ2) is 8.41. The highest BCUT2D eigenvalue weighted by Crippen LogP contribution is 2.37. The largest absolute Gasteiger partial charge is 0.465 e. The van der Waals surface area contributed by atoms with Crippen LogP contribution in [0.2, 0.25) is 0 Å². The number of imide groups is 1. The first-order valence-electron chi connectivity index (χ1n) is 10.0. The Balaban J connectivity index is 1.66. The van der Waals surface area contributed by atoms with Gasteiger partial charge < -0.3 is 14.5 Å². The van der Waals surface area contributed by atoms with Crippen molar-refractivity contribution in [3.8, 4) is 0 Å². The SMILES string of the molecule is COC(=O)c1c(C)[nH]c(C(=O)[C@@H](C)OC(=O)CN2C(=O)[C@H]3CCCC[C@@H]3C2=O)c1C. The Hall–Kier alpha value is -2.97. The van der Waals surface area contributed by atoms with Gasteiger partial charge in [-0.25, -0.2) is 4.79 Å². The van der Waals surface area contributed by atoms with Crippen molar-refractivity contribution < 1.29 is 33.4 Å². The maximum atomic E-state index is 12.7. The summed E-state index contributed by atoms with van der Waals surface area (Å²) in [5.41, 5.74) is 1.28. The molecule has 3 atom stereocenters. The van der Waals surface area contributed by atoms with E-state index in [1.807, 2.05) is 0 Å². The average Bonchev–Trinajstić information content (AvgIpc) is 3.15. The summed E-state index contributed by atoms with van der Waals surface area (Å²) < 4.78 is 9.92. The number of amides is 2. The number of ether oxygens (including phenoxy) is 2. The molecule has 0 spiro atoms. The van der Waals surface area contributed by atoms with Gasteiger partial charge in [-0.15, -0.1) is 0 Å². The van der Waals surface area contributed by atoms with E-state index in [0.717, 1.165) is 17.7 Å². The van der Waals surface area contributed by atoms with Crippen LogP contribution in [-0.2, 0) is 23.9 Å². The van der Waals surface area contributed by atoms with E-state index in [0.29, 0.717) is 24.1 Å². The molecule has 2 fully saturated rings. The molecule has 1 N–H and O–H groups in total. The molecule has 162 valence electrons. The Labute approximate surface area is 174 Å². The molecule has 9 heteroatoms. The summed E-state index contributed by atoms with van der Waals surface area (Å²) in [6.45, 7) is 4.14. The molecular weight excluding hydrogens is 392 g/mol. The molecule has 1 aromatic rings. The number of rotatable bonds is 6. The van der Waals surface area contributed by atoms with Gasteiger partial charge in [-0.2, -0.15) is 0 Å². The molecule has 1 saturated heterocycles. The van der Waals surface area contributed by atoms with E-state index in [2.05, 4.69) is 4.98 Å². The molecule has 1 aliphatic heterocycles. The van der Waals surface area contributed by atoms with E-state index in [4.69, 9.17) is 9.47 Å². The molecule has 1 aromatic heterocycles. The predicted molar refractivity (Wildman–Crippen MR) is 104 cm³/mol. The maximum absolute atomic E-state index is 12.7. The van der Waals surface area contributed by atoms with Gasteiger partial charge in [0.05, 0.1) is 30.2 Å². The normalized spacial score (nSPS) is 21.9. The van der Waals surface area contributed by atoms with E-state index in [-0.39, 0.29) is 34.9 Å². The zero-order valence-electron chi connectivity index (χ0n) is 17.6. The smallest absolute Gasteiger partial charge is 0.339 e. The van der Waals surface area contributed by atoms with Gasteiger partial charge in [0.25, 0.3) is 0 Å². The summed E-state index contributed by atoms with van der Waals surface area (Å²) >= 11 is 0. The van der Waals surface area contributed by atoms with Crippen LogP contribution in [0, 0.1) is 25.7 Å². The number of hydrogen-bond donors (Lipinski definition) is 1. The molecule has 2 aliphatic rings. The van der Waals surface area contributed by atoms with Crippen molar-refractivity contribution in [2.75, 3.05) is 13.7 Å². The molecule has 1 saturated carbocycles. The summed E-state index contributed by atoms with van der Waals surface area (Å²) in [5.74, 6) is -3.29. The third-order valence-electron chi connectivity index (χ3n) is 5.97. The molecule has 1 aliphatic carbocycles. The number of Topliss-reactive ketones (excluding diaryl/α,β-unsaturated/α-hetero) is 1. The Morgan fingerprint density at radius 3 is 2.20 bits per heavy atom. The van der Waals surface area contributed by atoms with Crippen LogP contribution in [0.3, 0.4) is 0 Å². The maximum Gasteiger partial charge on any atom is 0.339 e. The highest BCUT2D eigenvalue weighted by Gasteiger charge is 2.48. The van der Waals surface area contributed by atoms with E-state index in [1.54, 1.807) is 13.8 Å². The lowest BCUT2D eigenvalue weighted by atomic mass is 9.81. The second-order valence-electron chi connectivity index (χ2n) is 7.87. The number of ketones is 1. The third-order valence-corrected chi connectivity index (χ3v) is 5.97. The minimum Gasteiger partial charge on any atom is -0.465 e. The van der Waals surface area contributed by atoms with Crippen LogP contribution < -0.4 is 0 Å². The average molecular weight is 418 g/mol. The van der Waals surface area contributed by atoms with Crippen LogP contribution in [-0.4, -0.2) is 59.2 Å². The summed E-state index contributed by atoms with van der Waals surface area (Å²) in [6, 6.07) is 0. The molecule has 2 amide bonds. The molecule has 9 nitrogen and oxygen atoms in total. The number of hydrogen-bond acceptors (Lipinski definition) is 7. The molecule has 0 unspecified atom stereocenters. The molecule has 0 bridgehead atoms. The number of aromatic amines is 1. The fourth-order valence-corrected chi connectivity index (χ4v) is 4.41. The molecular formula is C21H26N2O7. The first-order chi connectivity index (χ1) is 14.2. The van der Waals surface area contributed by atoms with Crippen molar-refractivity contribution in [3.63, 3.8) is 0 Å². The molecule has 0 aromatic carbocycles. The first-order valence-corrected chi connectivity index (χ1v) is 10.0. The van der Waals surface area contributed by atoms with Crippen molar-refractivity contribution in [3.05, 3.63) is 22.5 Å². The van der Waals surface area contributed by atoms with Crippen molar-refractivity contribution in [1.29, 1.82) is 0 Å².